The first kappa shape index (κ1) is 15.2. The Hall–Kier alpha value is -2.22. The molecule has 0 amide bonds. The number of aromatic nitrogens is 5. The maximum Gasteiger partial charge on any atom is 0.243 e. The number of imidazole rings is 1. The molecule has 2 aromatic heterocycles. The molecule has 0 saturated carbocycles. The molecule has 0 aliphatic heterocycles. The summed E-state index contributed by atoms with van der Waals surface area (Å²) in [5.41, 5.74) is 2.50. The van der Waals surface area contributed by atoms with Crippen LogP contribution in [-0.4, -0.2) is 37.6 Å². The van der Waals surface area contributed by atoms with E-state index >= 15 is 0 Å². The van der Waals surface area contributed by atoms with E-state index in [9.17, 15) is 0 Å². The van der Waals surface area contributed by atoms with Gasteiger partial charge in [-0.1, -0.05) is 6.92 Å². The predicted molar refractivity (Wildman–Crippen MR) is 82.3 cm³/mol. The summed E-state index contributed by atoms with van der Waals surface area (Å²) in [5, 5.41) is 0. The van der Waals surface area contributed by atoms with Gasteiger partial charge in [-0.2, -0.15) is 15.0 Å². The van der Waals surface area contributed by atoms with Crippen LogP contribution in [0, 0.1) is 0 Å². The lowest BCUT2D eigenvalue weighted by Crippen LogP contribution is -2.26. The highest BCUT2D eigenvalue weighted by Gasteiger charge is 2.13. The van der Waals surface area contributed by atoms with Crippen molar-refractivity contribution in [2.24, 2.45) is 5.84 Å². The summed E-state index contributed by atoms with van der Waals surface area (Å²) >= 11 is 0. The van der Waals surface area contributed by atoms with E-state index in [4.69, 9.17) is 5.84 Å². The van der Waals surface area contributed by atoms with Crippen LogP contribution in [0.3, 0.4) is 0 Å². The number of hydrogen-bond acceptors (Lipinski definition) is 7. The highest BCUT2D eigenvalue weighted by atomic mass is 15.4. The second-order valence-electron chi connectivity index (χ2n) is 4.54. The summed E-state index contributed by atoms with van der Waals surface area (Å²) in [5.74, 6) is 7.88. The van der Waals surface area contributed by atoms with Gasteiger partial charge in [0.05, 0.1) is 0 Å². The maximum atomic E-state index is 5.47. The molecule has 2 heterocycles. The van der Waals surface area contributed by atoms with E-state index in [0.29, 0.717) is 17.8 Å². The molecular weight excluding hydrogens is 268 g/mol. The lowest BCUT2D eigenvalue weighted by molar-refractivity contribution is 0.758. The Bertz CT molecular complexity index is 575. The van der Waals surface area contributed by atoms with Crippen LogP contribution in [0.5, 0.6) is 0 Å². The normalized spacial score (nSPS) is 10.7. The molecule has 114 valence electrons. The molecule has 0 bridgehead atoms. The van der Waals surface area contributed by atoms with E-state index in [0.717, 1.165) is 31.8 Å². The minimum absolute atomic E-state index is 0.345. The monoisotopic (exact) mass is 290 g/mol. The molecule has 8 nitrogen and oxygen atoms in total. The second kappa shape index (κ2) is 6.98. The Labute approximate surface area is 124 Å². The highest BCUT2D eigenvalue weighted by molar-refractivity contribution is 5.39. The summed E-state index contributed by atoms with van der Waals surface area (Å²) in [6.07, 6.45) is 5.48. The molecule has 0 aromatic carbocycles. The van der Waals surface area contributed by atoms with Crippen LogP contribution < -0.4 is 16.2 Å². The van der Waals surface area contributed by atoms with Crippen molar-refractivity contribution >= 4 is 11.9 Å². The Kier molecular flexibility index (Phi) is 5.04. The fourth-order valence-corrected chi connectivity index (χ4v) is 2.10. The molecule has 0 spiro atoms. The molecule has 3 N–H and O–H groups in total. The molecular formula is C13H22N8. The molecule has 0 saturated heterocycles. The van der Waals surface area contributed by atoms with Gasteiger partial charge in [0.1, 0.15) is 5.82 Å². The van der Waals surface area contributed by atoms with Crippen molar-refractivity contribution in [3.05, 3.63) is 18.2 Å². The third kappa shape index (κ3) is 3.27. The molecule has 0 fully saturated rings. The number of nitrogens with zero attached hydrogens (tertiary/aromatic N) is 6. The quantitative estimate of drug-likeness (QED) is 0.583. The first-order valence-electron chi connectivity index (χ1n) is 7.23. The predicted octanol–water partition coefficient (Wildman–Crippen LogP) is 1.14. The highest BCUT2D eigenvalue weighted by Crippen LogP contribution is 2.14. The minimum atomic E-state index is 0.345. The van der Waals surface area contributed by atoms with Crippen LogP contribution in [0.4, 0.5) is 11.9 Å². The third-order valence-corrected chi connectivity index (χ3v) is 3.19. The average Bonchev–Trinajstić information content (AvgIpc) is 2.97. The molecule has 0 aliphatic carbocycles. The van der Waals surface area contributed by atoms with E-state index < -0.39 is 0 Å². The van der Waals surface area contributed by atoms with E-state index in [1.54, 1.807) is 6.20 Å². The van der Waals surface area contributed by atoms with Crippen molar-refractivity contribution in [2.75, 3.05) is 23.4 Å². The molecule has 0 unspecified atom stereocenters. The van der Waals surface area contributed by atoms with Gasteiger partial charge in [-0.15, -0.1) is 0 Å². The second-order valence-corrected chi connectivity index (χ2v) is 4.54. The number of aryl methyl sites for hydroxylation is 1. The number of nitrogen functional groups attached to an aromatic ring is 1. The zero-order valence-corrected chi connectivity index (χ0v) is 12.7. The summed E-state index contributed by atoms with van der Waals surface area (Å²) in [4.78, 5) is 19.6. The van der Waals surface area contributed by atoms with Crippen LogP contribution in [0.1, 0.15) is 33.0 Å². The van der Waals surface area contributed by atoms with Gasteiger partial charge in [0, 0.05) is 31.9 Å². The van der Waals surface area contributed by atoms with Crippen molar-refractivity contribution in [1.29, 1.82) is 0 Å². The Morgan fingerprint density at radius 2 is 1.95 bits per heavy atom. The SMILES string of the molecule is CCCc1nccn1-c1nc(NN)nc(N(CC)CC)n1. The van der Waals surface area contributed by atoms with E-state index in [1.165, 1.54) is 0 Å². The van der Waals surface area contributed by atoms with Crippen molar-refractivity contribution in [3.63, 3.8) is 0 Å². The zero-order valence-electron chi connectivity index (χ0n) is 12.7. The molecule has 0 atom stereocenters. The van der Waals surface area contributed by atoms with E-state index in [1.807, 2.05) is 15.7 Å². The summed E-state index contributed by atoms with van der Waals surface area (Å²) in [6.45, 7) is 7.86. The molecule has 8 heteroatoms. The van der Waals surface area contributed by atoms with Gasteiger partial charge in [0.25, 0.3) is 0 Å². The lowest BCUT2D eigenvalue weighted by Gasteiger charge is -2.19. The van der Waals surface area contributed by atoms with Crippen LogP contribution in [0.25, 0.3) is 5.95 Å². The van der Waals surface area contributed by atoms with Crippen molar-refractivity contribution in [2.45, 2.75) is 33.6 Å². The third-order valence-electron chi connectivity index (χ3n) is 3.19. The molecule has 0 radical (unpaired) electrons. The zero-order chi connectivity index (χ0) is 15.2. The van der Waals surface area contributed by atoms with Crippen LogP contribution >= 0.6 is 0 Å². The summed E-state index contributed by atoms with van der Waals surface area (Å²) in [6, 6.07) is 0. The largest absolute Gasteiger partial charge is 0.341 e. The Balaban J connectivity index is 2.47. The van der Waals surface area contributed by atoms with Gasteiger partial charge in [-0.3, -0.25) is 9.99 Å². The first-order valence-corrected chi connectivity index (χ1v) is 7.23. The van der Waals surface area contributed by atoms with Gasteiger partial charge in [-0.05, 0) is 20.3 Å². The number of hydrazine groups is 1. The standard InChI is InChI=1S/C13H22N8/c1-4-7-10-15-8-9-21(10)13-17-11(19-14)16-12(18-13)20(5-2)6-3/h8-9H,4-7,14H2,1-3H3,(H,16,17,18,19). The van der Waals surface area contributed by atoms with Crippen LogP contribution in [0.15, 0.2) is 12.4 Å². The van der Waals surface area contributed by atoms with Crippen molar-refractivity contribution in [3.8, 4) is 5.95 Å². The minimum Gasteiger partial charge on any atom is -0.341 e. The van der Waals surface area contributed by atoms with E-state index in [-0.39, 0.29) is 0 Å². The summed E-state index contributed by atoms with van der Waals surface area (Å²) < 4.78 is 1.87. The summed E-state index contributed by atoms with van der Waals surface area (Å²) in [7, 11) is 0. The van der Waals surface area contributed by atoms with Gasteiger partial charge in [0.2, 0.25) is 17.8 Å². The van der Waals surface area contributed by atoms with E-state index in [2.05, 4.69) is 46.1 Å². The molecule has 2 rings (SSSR count). The first-order chi connectivity index (χ1) is 10.2. The molecule has 21 heavy (non-hydrogen) atoms. The van der Waals surface area contributed by atoms with Gasteiger partial charge in [0.15, 0.2) is 0 Å². The van der Waals surface area contributed by atoms with Gasteiger partial charge < -0.3 is 4.90 Å². The Morgan fingerprint density at radius 3 is 2.57 bits per heavy atom. The van der Waals surface area contributed by atoms with Crippen molar-refractivity contribution < 1.29 is 0 Å². The average molecular weight is 290 g/mol. The maximum absolute atomic E-state index is 5.47. The van der Waals surface area contributed by atoms with Crippen LogP contribution in [0.2, 0.25) is 0 Å². The lowest BCUT2D eigenvalue weighted by atomic mass is 10.3. The Morgan fingerprint density at radius 1 is 1.19 bits per heavy atom. The van der Waals surface area contributed by atoms with Gasteiger partial charge >= 0.3 is 0 Å². The topological polar surface area (TPSA) is 97.8 Å². The number of nitrogens with one attached hydrogen (secondary N) is 1. The molecule has 0 aliphatic rings. The fourth-order valence-electron chi connectivity index (χ4n) is 2.10. The smallest absolute Gasteiger partial charge is 0.243 e. The molecule has 2 aromatic rings. The van der Waals surface area contributed by atoms with Crippen LogP contribution in [-0.2, 0) is 6.42 Å². The fraction of sp³-hybridized carbons (Fsp3) is 0.538. The van der Waals surface area contributed by atoms with Crippen molar-refractivity contribution in [1.82, 2.24) is 24.5 Å². The number of rotatable bonds is 7. The number of anilines is 2. The number of nitrogens with two attached hydrogens (primary N) is 1. The van der Waals surface area contributed by atoms with Gasteiger partial charge in [-0.25, -0.2) is 10.8 Å². The number of hydrogen-bond donors (Lipinski definition) is 2.